The molecule has 0 aromatic carbocycles. The number of hydrogen-bond donors (Lipinski definition) is 1. The van der Waals surface area contributed by atoms with Gasteiger partial charge in [0.05, 0.1) is 5.69 Å². The molecule has 0 radical (unpaired) electrons. The lowest BCUT2D eigenvalue weighted by molar-refractivity contribution is 0.708. The van der Waals surface area contributed by atoms with Crippen LogP contribution in [0.4, 0.5) is 0 Å². The maximum atomic E-state index is 4.55. The lowest BCUT2D eigenvalue weighted by Crippen LogP contribution is -2.13. The Kier molecular flexibility index (Phi) is 4.38. The van der Waals surface area contributed by atoms with E-state index in [2.05, 4.69) is 43.1 Å². The Morgan fingerprint density at radius 3 is 2.78 bits per heavy atom. The summed E-state index contributed by atoms with van der Waals surface area (Å²) in [5, 5.41) is 3.27. The van der Waals surface area contributed by atoms with E-state index in [0.29, 0.717) is 0 Å². The molecule has 1 N–H and O–H groups in total. The third-order valence-electron chi connectivity index (χ3n) is 2.43. The molecule has 0 atom stereocenters. The highest BCUT2D eigenvalue weighted by Crippen LogP contribution is 2.19. The Hall–Kier alpha value is -1.33. The number of hydrogen-bond acceptors (Lipinski definition) is 4. The number of nitrogens with one attached hydrogen (secondary N) is 1. The fraction of sp³-hybridized carbons (Fsp3) is 0.308. The van der Waals surface area contributed by atoms with E-state index in [0.717, 1.165) is 40.3 Å². The smallest absolute Gasteiger partial charge is 0.161 e. The Morgan fingerprint density at radius 2 is 2.06 bits per heavy atom. The van der Waals surface area contributed by atoms with Crippen LogP contribution in [0.1, 0.15) is 18.3 Å². The predicted molar refractivity (Wildman–Crippen MR) is 75.1 cm³/mol. The first kappa shape index (κ1) is 13.1. The molecule has 2 rings (SSSR count). The molecular weight excluding hydrogens is 292 g/mol. The SMILES string of the molecule is CCNCc1cc(C)nc(-c2cncc(Br)c2)n1. The van der Waals surface area contributed by atoms with Gasteiger partial charge in [-0.1, -0.05) is 6.92 Å². The van der Waals surface area contributed by atoms with Crippen molar-refractivity contribution < 1.29 is 0 Å². The maximum absolute atomic E-state index is 4.55. The fourth-order valence-corrected chi connectivity index (χ4v) is 2.01. The standard InChI is InChI=1S/C13H15BrN4/c1-3-15-8-12-4-9(2)17-13(18-12)10-5-11(14)7-16-6-10/h4-7,15H,3,8H2,1-2H3. The van der Waals surface area contributed by atoms with Gasteiger partial charge in [-0.3, -0.25) is 4.98 Å². The Labute approximate surface area is 115 Å². The van der Waals surface area contributed by atoms with Crippen molar-refractivity contribution in [1.82, 2.24) is 20.3 Å². The van der Waals surface area contributed by atoms with Crippen molar-refractivity contribution in [1.29, 1.82) is 0 Å². The van der Waals surface area contributed by atoms with E-state index >= 15 is 0 Å². The molecule has 0 aliphatic heterocycles. The van der Waals surface area contributed by atoms with Crippen LogP contribution in [0.15, 0.2) is 29.0 Å². The van der Waals surface area contributed by atoms with E-state index in [1.807, 2.05) is 19.1 Å². The van der Waals surface area contributed by atoms with Gasteiger partial charge in [-0.05, 0) is 41.5 Å². The van der Waals surface area contributed by atoms with Gasteiger partial charge in [-0.15, -0.1) is 0 Å². The van der Waals surface area contributed by atoms with Crippen LogP contribution >= 0.6 is 15.9 Å². The summed E-state index contributed by atoms with van der Waals surface area (Å²) in [6.07, 6.45) is 3.52. The summed E-state index contributed by atoms with van der Waals surface area (Å²) in [5.74, 6) is 0.719. The van der Waals surface area contributed by atoms with Gasteiger partial charge in [0.2, 0.25) is 0 Å². The van der Waals surface area contributed by atoms with Crippen LogP contribution in [-0.4, -0.2) is 21.5 Å². The quantitative estimate of drug-likeness (QED) is 0.943. The highest BCUT2D eigenvalue weighted by molar-refractivity contribution is 9.10. The summed E-state index contributed by atoms with van der Waals surface area (Å²) in [5.41, 5.74) is 2.89. The van der Waals surface area contributed by atoms with Crippen molar-refractivity contribution in [3.8, 4) is 11.4 Å². The number of aryl methyl sites for hydroxylation is 1. The lowest BCUT2D eigenvalue weighted by Gasteiger charge is -2.06. The van der Waals surface area contributed by atoms with Gasteiger partial charge in [-0.2, -0.15) is 0 Å². The third-order valence-corrected chi connectivity index (χ3v) is 2.86. The minimum Gasteiger partial charge on any atom is -0.311 e. The average molecular weight is 307 g/mol. The van der Waals surface area contributed by atoms with Gasteiger partial charge in [0, 0.05) is 34.7 Å². The molecule has 0 unspecified atom stereocenters. The van der Waals surface area contributed by atoms with E-state index in [1.54, 1.807) is 12.4 Å². The van der Waals surface area contributed by atoms with Gasteiger partial charge in [0.25, 0.3) is 0 Å². The second kappa shape index (κ2) is 6.02. The molecule has 0 spiro atoms. The summed E-state index contributed by atoms with van der Waals surface area (Å²) < 4.78 is 0.929. The van der Waals surface area contributed by atoms with Crippen LogP contribution in [-0.2, 0) is 6.54 Å². The van der Waals surface area contributed by atoms with Crippen molar-refractivity contribution in [2.75, 3.05) is 6.54 Å². The molecular formula is C13H15BrN4. The molecule has 4 nitrogen and oxygen atoms in total. The molecule has 0 saturated carbocycles. The highest BCUT2D eigenvalue weighted by Gasteiger charge is 2.05. The Balaban J connectivity index is 2.35. The summed E-state index contributed by atoms with van der Waals surface area (Å²) in [6.45, 7) is 5.74. The van der Waals surface area contributed by atoms with E-state index in [1.165, 1.54) is 0 Å². The molecule has 0 fully saturated rings. The molecule has 18 heavy (non-hydrogen) atoms. The first-order valence-corrected chi connectivity index (χ1v) is 6.64. The van der Waals surface area contributed by atoms with Crippen molar-refractivity contribution in [3.05, 3.63) is 40.4 Å². The second-order valence-electron chi connectivity index (χ2n) is 4.00. The summed E-state index contributed by atoms with van der Waals surface area (Å²) in [4.78, 5) is 13.1. The molecule has 0 amide bonds. The van der Waals surface area contributed by atoms with Crippen molar-refractivity contribution in [2.45, 2.75) is 20.4 Å². The molecule has 0 aliphatic carbocycles. The zero-order valence-electron chi connectivity index (χ0n) is 10.4. The summed E-state index contributed by atoms with van der Waals surface area (Å²) in [6, 6.07) is 3.97. The molecule has 94 valence electrons. The first-order valence-electron chi connectivity index (χ1n) is 5.85. The van der Waals surface area contributed by atoms with Gasteiger partial charge < -0.3 is 5.32 Å². The zero-order chi connectivity index (χ0) is 13.0. The molecule has 2 aromatic rings. The topological polar surface area (TPSA) is 50.7 Å². The Bertz CT molecular complexity index is 542. The van der Waals surface area contributed by atoms with Gasteiger partial charge in [0.1, 0.15) is 0 Å². The number of nitrogens with zero attached hydrogens (tertiary/aromatic N) is 3. The van der Waals surface area contributed by atoms with Crippen LogP contribution in [0.3, 0.4) is 0 Å². The molecule has 2 aromatic heterocycles. The van der Waals surface area contributed by atoms with E-state index < -0.39 is 0 Å². The summed E-state index contributed by atoms with van der Waals surface area (Å²) in [7, 11) is 0. The van der Waals surface area contributed by atoms with Crippen LogP contribution in [0.5, 0.6) is 0 Å². The fourth-order valence-electron chi connectivity index (χ4n) is 1.64. The number of aromatic nitrogens is 3. The van der Waals surface area contributed by atoms with Gasteiger partial charge in [0.15, 0.2) is 5.82 Å². The zero-order valence-corrected chi connectivity index (χ0v) is 12.0. The molecule has 0 aliphatic rings. The third kappa shape index (κ3) is 3.34. The summed E-state index contributed by atoms with van der Waals surface area (Å²) >= 11 is 3.41. The molecule has 2 heterocycles. The maximum Gasteiger partial charge on any atom is 0.161 e. The second-order valence-corrected chi connectivity index (χ2v) is 4.91. The predicted octanol–water partition coefficient (Wildman–Crippen LogP) is 2.72. The molecule has 0 bridgehead atoms. The normalized spacial score (nSPS) is 10.6. The van der Waals surface area contributed by atoms with Gasteiger partial charge in [-0.25, -0.2) is 9.97 Å². The number of pyridine rings is 1. The van der Waals surface area contributed by atoms with E-state index in [4.69, 9.17) is 0 Å². The van der Waals surface area contributed by atoms with Crippen molar-refractivity contribution in [2.24, 2.45) is 0 Å². The minimum atomic E-state index is 0.719. The molecule has 5 heteroatoms. The number of halogens is 1. The van der Waals surface area contributed by atoms with Crippen molar-refractivity contribution in [3.63, 3.8) is 0 Å². The Morgan fingerprint density at radius 1 is 1.22 bits per heavy atom. The van der Waals surface area contributed by atoms with Crippen LogP contribution in [0.25, 0.3) is 11.4 Å². The van der Waals surface area contributed by atoms with Crippen LogP contribution in [0, 0.1) is 6.92 Å². The van der Waals surface area contributed by atoms with Gasteiger partial charge >= 0.3 is 0 Å². The average Bonchev–Trinajstić information content (AvgIpc) is 2.36. The largest absolute Gasteiger partial charge is 0.311 e. The lowest BCUT2D eigenvalue weighted by atomic mass is 10.2. The molecule has 0 saturated heterocycles. The van der Waals surface area contributed by atoms with Crippen molar-refractivity contribution >= 4 is 15.9 Å². The van der Waals surface area contributed by atoms with Crippen LogP contribution < -0.4 is 5.32 Å². The van der Waals surface area contributed by atoms with E-state index in [9.17, 15) is 0 Å². The van der Waals surface area contributed by atoms with Crippen LogP contribution in [0.2, 0.25) is 0 Å². The van der Waals surface area contributed by atoms with E-state index in [-0.39, 0.29) is 0 Å². The minimum absolute atomic E-state index is 0.719. The highest BCUT2D eigenvalue weighted by atomic mass is 79.9. The first-order chi connectivity index (χ1) is 8.69. The monoisotopic (exact) mass is 306 g/mol. The number of rotatable bonds is 4.